The zero-order chi connectivity index (χ0) is 19.6. The lowest BCUT2D eigenvalue weighted by Crippen LogP contribution is -2.29. The largest absolute Gasteiger partial charge is 0.497 e. The zero-order valence-electron chi connectivity index (χ0n) is 15.7. The van der Waals surface area contributed by atoms with Crippen molar-refractivity contribution >= 4 is 17.5 Å². The zero-order valence-corrected chi connectivity index (χ0v) is 15.7. The van der Waals surface area contributed by atoms with Gasteiger partial charge in [-0.2, -0.15) is 0 Å². The Balaban J connectivity index is 1.78. The van der Waals surface area contributed by atoms with Crippen LogP contribution >= 0.6 is 0 Å². The molecular formula is C20H24N2O5. The van der Waals surface area contributed by atoms with E-state index in [-0.39, 0.29) is 18.2 Å². The number of hydrogen-bond acceptors (Lipinski definition) is 5. The summed E-state index contributed by atoms with van der Waals surface area (Å²) in [4.78, 5) is 23.9. The second kappa shape index (κ2) is 10.1. The third kappa shape index (κ3) is 6.22. The molecule has 0 aliphatic carbocycles. The first-order valence-corrected chi connectivity index (χ1v) is 8.47. The summed E-state index contributed by atoms with van der Waals surface area (Å²) in [5.41, 5.74) is 1.58. The Morgan fingerprint density at radius 2 is 1.67 bits per heavy atom. The highest BCUT2D eigenvalue weighted by atomic mass is 16.5. The minimum absolute atomic E-state index is 0.247. The molecule has 0 spiro atoms. The molecule has 7 nitrogen and oxygen atoms in total. The van der Waals surface area contributed by atoms with Gasteiger partial charge in [-0.15, -0.1) is 0 Å². The molecule has 0 unspecified atom stereocenters. The fraction of sp³-hybridized carbons (Fsp3) is 0.300. The summed E-state index contributed by atoms with van der Waals surface area (Å²) in [6, 6.07) is 12.5. The number of carbonyl (C=O) groups is 2. The lowest BCUT2D eigenvalue weighted by Gasteiger charge is -2.10. The highest BCUT2D eigenvalue weighted by Gasteiger charge is 2.10. The summed E-state index contributed by atoms with van der Waals surface area (Å²) in [7, 11) is 4.70. The maximum Gasteiger partial charge on any atom is 0.233 e. The van der Waals surface area contributed by atoms with E-state index in [0.29, 0.717) is 35.9 Å². The van der Waals surface area contributed by atoms with Crippen LogP contribution in [0, 0.1) is 0 Å². The topological polar surface area (TPSA) is 85.9 Å². The van der Waals surface area contributed by atoms with E-state index in [1.807, 2.05) is 18.2 Å². The van der Waals surface area contributed by atoms with E-state index in [9.17, 15) is 9.59 Å². The molecule has 0 fully saturated rings. The highest BCUT2D eigenvalue weighted by molar-refractivity contribution is 6.03. The molecule has 0 heterocycles. The van der Waals surface area contributed by atoms with Crippen molar-refractivity contribution in [3.8, 4) is 17.2 Å². The van der Waals surface area contributed by atoms with Gasteiger partial charge >= 0.3 is 0 Å². The number of benzene rings is 2. The second-order valence-corrected chi connectivity index (χ2v) is 5.75. The molecule has 2 aromatic rings. The lowest BCUT2D eigenvalue weighted by atomic mass is 10.1. The van der Waals surface area contributed by atoms with Crippen molar-refractivity contribution in [2.24, 2.45) is 0 Å². The molecule has 0 atom stereocenters. The van der Waals surface area contributed by atoms with Crippen molar-refractivity contribution in [2.75, 3.05) is 33.2 Å². The summed E-state index contributed by atoms with van der Waals surface area (Å²) in [5, 5.41) is 5.41. The summed E-state index contributed by atoms with van der Waals surface area (Å²) < 4.78 is 15.5. The SMILES string of the molecule is COc1cccc(NC(=O)CC(=O)NCCc2ccc(OC)c(OC)c2)c1. The first kappa shape index (κ1) is 20.1. The van der Waals surface area contributed by atoms with E-state index < -0.39 is 0 Å². The average Bonchev–Trinajstić information content (AvgIpc) is 2.67. The molecule has 144 valence electrons. The Bertz CT molecular complexity index is 792. The Morgan fingerprint density at radius 3 is 2.37 bits per heavy atom. The predicted octanol–water partition coefficient (Wildman–Crippen LogP) is 2.40. The minimum atomic E-state index is -0.383. The number of anilines is 1. The third-order valence-corrected chi connectivity index (χ3v) is 3.86. The van der Waals surface area contributed by atoms with Crippen LogP contribution in [0.15, 0.2) is 42.5 Å². The van der Waals surface area contributed by atoms with Crippen LogP contribution < -0.4 is 24.8 Å². The van der Waals surface area contributed by atoms with E-state index in [4.69, 9.17) is 14.2 Å². The fourth-order valence-corrected chi connectivity index (χ4v) is 2.50. The number of methoxy groups -OCH3 is 3. The van der Waals surface area contributed by atoms with Crippen molar-refractivity contribution in [1.82, 2.24) is 5.32 Å². The van der Waals surface area contributed by atoms with Gasteiger partial charge in [-0.05, 0) is 36.2 Å². The molecule has 0 saturated carbocycles. The van der Waals surface area contributed by atoms with Crippen LogP contribution in [0.1, 0.15) is 12.0 Å². The standard InChI is InChI=1S/C20H24N2O5/c1-25-16-6-4-5-15(12-16)22-20(24)13-19(23)21-10-9-14-7-8-17(26-2)18(11-14)27-3/h4-8,11-12H,9-10,13H2,1-3H3,(H,21,23)(H,22,24). The average molecular weight is 372 g/mol. The number of nitrogens with one attached hydrogen (secondary N) is 2. The molecule has 0 aliphatic heterocycles. The van der Waals surface area contributed by atoms with E-state index >= 15 is 0 Å². The molecule has 2 aromatic carbocycles. The van der Waals surface area contributed by atoms with Crippen LogP contribution in [0.4, 0.5) is 5.69 Å². The van der Waals surface area contributed by atoms with Crippen LogP contribution in [0.5, 0.6) is 17.2 Å². The Labute approximate surface area is 158 Å². The van der Waals surface area contributed by atoms with Crippen molar-refractivity contribution in [3.05, 3.63) is 48.0 Å². The summed E-state index contributed by atoms with van der Waals surface area (Å²) in [5.74, 6) is 1.20. The van der Waals surface area contributed by atoms with Crippen LogP contribution in [0.2, 0.25) is 0 Å². The first-order valence-electron chi connectivity index (χ1n) is 8.47. The Hall–Kier alpha value is -3.22. The fourth-order valence-electron chi connectivity index (χ4n) is 2.50. The van der Waals surface area contributed by atoms with Crippen molar-refractivity contribution in [3.63, 3.8) is 0 Å². The van der Waals surface area contributed by atoms with Gasteiger partial charge in [0.1, 0.15) is 12.2 Å². The number of amides is 2. The van der Waals surface area contributed by atoms with Gasteiger partial charge in [0, 0.05) is 18.3 Å². The van der Waals surface area contributed by atoms with Gasteiger partial charge in [-0.25, -0.2) is 0 Å². The van der Waals surface area contributed by atoms with Gasteiger partial charge in [0.2, 0.25) is 11.8 Å². The summed E-state index contributed by atoms with van der Waals surface area (Å²) in [6.45, 7) is 0.417. The summed E-state index contributed by atoms with van der Waals surface area (Å²) in [6.07, 6.45) is 0.368. The maximum atomic E-state index is 12.0. The van der Waals surface area contributed by atoms with Gasteiger partial charge in [0.05, 0.1) is 21.3 Å². The van der Waals surface area contributed by atoms with Crippen LogP contribution in [0.25, 0.3) is 0 Å². The smallest absolute Gasteiger partial charge is 0.233 e. The molecule has 2 N–H and O–H groups in total. The molecule has 2 rings (SSSR count). The lowest BCUT2D eigenvalue weighted by molar-refractivity contribution is -0.126. The van der Waals surface area contributed by atoms with E-state index in [1.54, 1.807) is 45.6 Å². The van der Waals surface area contributed by atoms with Crippen molar-refractivity contribution in [2.45, 2.75) is 12.8 Å². The first-order chi connectivity index (χ1) is 13.0. The third-order valence-electron chi connectivity index (χ3n) is 3.86. The molecule has 0 aliphatic rings. The monoisotopic (exact) mass is 372 g/mol. The summed E-state index contributed by atoms with van der Waals surface area (Å²) >= 11 is 0. The van der Waals surface area contributed by atoms with Crippen molar-refractivity contribution < 1.29 is 23.8 Å². The molecule has 0 aromatic heterocycles. The van der Waals surface area contributed by atoms with Crippen LogP contribution in [-0.2, 0) is 16.0 Å². The number of ether oxygens (including phenoxy) is 3. The molecular weight excluding hydrogens is 348 g/mol. The Kier molecular flexibility index (Phi) is 7.49. The quantitative estimate of drug-likeness (QED) is 0.660. The second-order valence-electron chi connectivity index (χ2n) is 5.75. The van der Waals surface area contributed by atoms with E-state index in [0.717, 1.165) is 5.56 Å². The van der Waals surface area contributed by atoms with Crippen LogP contribution in [-0.4, -0.2) is 39.7 Å². The van der Waals surface area contributed by atoms with Gasteiger partial charge in [-0.1, -0.05) is 12.1 Å². The normalized spacial score (nSPS) is 10.0. The minimum Gasteiger partial charge on any atom is -0.497 e. The maximum absolute atomic E-state index is 12.0. The number of hydrogen-bond donors (Lipinski definition) is 2. The number of carbonyl (C=O) groups excluding carboxylic acids is 2. The van der Waals surface area contributed by atoms with Gasteiger partial charge in [0.15, 0.2) is 11.5 Å². The molecule has 7 heteroatoms. The van der Waals surface area contributed by atoms with E-state index in [1.165, 1.54) is 0 Å². The van der Waals surface area contributed by atoms with Gasteiger partial charge in [-0.3, -0.25) is 9.59 Å². The highest BCUT2D eigenvalue weighted by Crippen LogP contribution is 2.27. The predicted molar refractivity (Wildman–Crippen MR) is 103 cm³/mol. The molecule has 2 amide bonds. The van der Waals surface area contributed by atoms with E-state index in [2.05, 4.69) is 10.6 Å². The molecule has 0 bridgehead atoms. The number of rotatable bonds is 9. The van der Waals surface area contributed by atoms with Gasteiger partial charge < -0.3 is 24.8 Å². The van der Waals surface area contributed by atoms with Crippen molar-refractivity contribution in [1.29, 1.82) is 0 Å². The Morgan fingerprint density at radius 1 is 0.889 bits per heavy atom. The van der Waals surface area contributed by atoms with Gasteiger partial charge in [0.25, 0.3) is 0 Å². The molecule has 0 saturated heterocycles. The molecule has 27 heavy (non-hydrogen) atoms. The van der Waals surface area contributed by atoms with Crippen LogP contribution in [0.3, 0.4) is 0 Å². The molecule has 0 radical (unpaired) electrons.